The quantitative estimate of drug-likeness (QED) is 0.890. The monoisotopic (exact) mass is 261 g/mol. The van der Waals surface area contributed by atoms with Crippen molar-refractivity contribution in [1.29, 1.82) is 0 Å². The summed E-state index contributed by atoms with van der Waals surface area (Å²) in [7, 11) is 0. The molecular formula is C15H19NOS. The highest BCUT2D eigenvalue weighted by molar-refractivity contribution is 7.09. The standard InChI is InChI=1S/C15H19NOS/c1-3-5-12-6-4-7-13(8-12)14(17)9-15-16-11(2)10-18-15/h4,6-8,10,14,17H,3,5,9H2,1-2H3. The first-order valence-electron chi connectivity index (χ1n) is 6.37. The predicted octanol–water partition coefficient (Wildman–Crippen LogP) is 3.68. The van der Waals surface area contributed by atoms with E-state index < -0.39 is 6.10 Å². The Bertz CT molecular complexity index is 507. The molecule has 0 radical (unpaired) electrons. The van der Waals surface area contributed by atoms with Gasteiger partial charge in [-0.2, -0.15) is 0 Å². The van der Waals surface area contributed by atoms with E-state index in [9.17, 15) is 5.11 Å². The second-order valence-corrected chi connectivity index (χ2v) is 5.54. The zero-order valence-corrected chi connectivity index (χ0v) is 11.7. The second-order valence-electron chi connectivity index (χ2n) is 4.60. The van der Waals surface area contributed by atoms with E-state index in [1.807, 2.05) is 24.4 Å². The van der Waals surface area contributed by atoms with Crippen molar-refractivity contribution < 1.29 is 5.11 Å². The molecule has 2 aromatic rings. The zero-order chi connectivity index (χ0) is 13.0. The average Bonchev–Trinajstić information content (AvgIpc) is 2.75. The molecule has 0 aliphatic heterocycles. The van der Waals surface area contributed by atoms with Crippen molar-refractivity contribution in [2.75, 3.05) is 0 Å². The van der Waals surface area contributed by atoms with Gasteiger partial charge in [-0.1, -0.05) is 37.6 Å². The minimum Gasteiger partial charge on any atom is -0.388 e. The first kappa shape index (κ1) is 13.2. The molecule has 2 nitrogen and oxygen atoms in total. The molecule has 0 fully saturated rings. The van der Waals surface area contributed by atoms with Crippen molar-refractivity contribution in [2.45, 2.75) is 39.2 Å². The Kier molecular flexibility index (Phi) is 4.50. The molecule has 1 heterocycles. The van der Waals surface area contributed by atoms with Crippen LogP contribution in [0.1, 0.15) is 41.3 Å². The molecule has 18 heavy (non-hydrogen) atoms. The van der Waals surface area contributed by atoms with Crippen LogP contribution in [-0.2, 0) is 12.8 Å². The van der Waals surface area contributed by atoms with Crippen LogP contribution in [0, 0.1) is 6.92 Å². The zero-order valence-electron chi connectivity index (χ0n) is 10.9. The summed E-state index contributed by atoms with van der Waals surface area (Å²) in [4.78, 5) is 4.39. The third-order valence-corrected chi connectivity index (χ3v) is 3.90. The maximum atomic E-state index is 10.2. The van der Waals surface area contributed by atoms with Gasteiger partial charge in [-0.25, -0.2) is 4.98 Å². The maximum absolute atomic E-state index is 10.2. The number of hydrogen-bond donors (Lipinski definition) is 1. The van der Waals surface area contributed by atoms with Gasteiger partial charge in [0.15, 0.2) is 0 Å². The summed E-state index contributed by atoms with van der Waals surface area (Å²) in [5.74, 6) is 0. The van der Waals surface area contributed by atoms with Gasteiger partial charge in [0.05, 0.1) is 11.1 Å². The number of nitrogens with zero attached hydrogens (tertiary/aromatic N) is 1. The molecule has 0 bridgehead atoms. The van der Waals surface area contributed by atoms with Gasteiger partial charge in [-0.05, 0) is 24.5 Å². The highest BCUT2D eigenvalue weighted by Gasteiger charge is 2.11. The van der Waals surface area contributed by atoms with Crippen LogP contribution in [0.25, 0.3) is 0 Å². The van der Waals surface area contributed by atoms with Gasteiger partial charge in [0.2, 0.25) is 0 Å². The van der Waals surface area contributed by atoms with Crippen molar-refractivity contribution in [3.8, 4) is 0 Å². The lowest BCUT2D eigenvalue weighted by molar-refractivity contribution is 0.178. The fraction of sp³-hybridized carbons (Fsp3) is 0.400. The van der Waals surface area contributed by atoms with E-state index in [1.165, 1.54) is 5.56 Å². The molecule has 3 heteroatoms. The first-order chi connectivity index (χ1) is 8.69. The molecule has 0 saturated carbocycles. The van der Waals surface area contributed by atoms with E-state index in [4.69, 9.17) is 0 Å². The number of aliphatic hydroxyl groups is 1. The number of aromatic nitrogens is 1. The Morgan fingerprint density at radius 3 is 2.89 bits per heavy atom. The van der Waals surface area contributed by atoms with Gasteiger partial charge in [0, 0.05) is 17.5 Å². The number of aliphatic hydroxyl groups excluding tert-OH is 1. The molecule has 1 aromatic heterocycles. The Morgan fingerprint density at radius 2 is 2.22 bits per heavy atom. The smallest absolute Gasteiger partial charge is 0.0957 e. The summed E-state index contributed by atoms with van der Waals surface area (Å²) in [6.45, 7) is 4.15. The first-order valence-corrected chi connectivity index (χ1v) is 7.25. The maximum Gasteiger partial charge on any atom is 0.0957 e. The average molecular weight is 261 g/mol. The fourth-order valence-corrected chi connectivity index (χ4v) is 2.83. The predicted molar refractivity (Wildman–Crippen MR) is 76.0 cm³/mol. The van der Waals surface area contributed by atoms with Crippen LogP contribution < -0.4 is 0 Å². The number of aryl methyl sites for hydroxylation is 2. The minimum atomic E-state index is -0.452. The van der Waals surface area contributed by atoms with Gasteiger partial charge < -0.3 is 5.11 Å². The lowest BCUT2D eigenvalue weighted by Crippen LogP contribution is -2.02. The van der Waals surface area contributed by atoms with Crippen LogP contribution in [-0.4, -0.2) is 10.1 Å². The Hall–Kier alpha value is -1.19. The van der Waals surface area contributed by atoms with Crippen LogP contribution in [0.3, 0.4) is 0 Å². The lowest BCUT2D eigenvalue weighted by atomic mass is 10.0. The third-order valence-electron chi connectivity index (χ3n) is 2.91. The Morgan fingerprint density at radius 1 is 1.39 bits per heavy atom. The molecule has 1 aromatic carbocycles. The Balaban J connectivity index is 2.08. The fourth-order valence-electron chi connectivity index (χ4n) is 2.02. The molecule has 1 unspecified atom stereocenters. The van der Waals surface area contributed by atoms with E-state index in [0.29, 0.717) is 6.42 Å². The molecule has 0 spiro atoms. The number of hydrogen-bond acceptors (Lipinski definition) is 3. The topological polar surface area (TPSA) is 33.1 Å². The highest BCUT2D eigenvalue weighted by atomic mass is 32.1. The molecule has 0 amide bonds. The summed E-state index contributed by atoms with van der Waals surface area (Å²) < 4.78 is 0. The van der Waals surface area contributed by atoms with E-state index >= 15 is 0 Å². The van der Waals surface area contributed by atoms with Crippen LogP contribution in [0.5, 0.6) is 0 Å². The summed E-state index contributed by atoms with van der Waals surface area (Å²) in [5, 5.41) is 13.3. The molecule has 2 rings (SSSR count). The molecule has 96 valence electrons. The third kappa shape index (κ3) is 3.40. The van der Waals surface area contributed by atoms with Gasteiger partial charge in [0.1, 0.15) is 0 Å². The van der Waals surface area contributed by atoms with Gasteiger partial charge >= 0.3 is 0 Å². The number of thiazole rings is 1. The number of rotatable bonds is 5. The molecule has 0 aliphatic rings. The lowest BCUT2D eigenvalue weighted by Gasteiger charge is -2.10. The summed E-state index contributed by atoms with van der Waals surface area (Å²) in [5.41, 5.74) is 3.32. The van der Waals surface area contributed by atoms with Gasteiger partial charge in [-0.3, -0.25) is 0 Å². The van der Waals surface area contributed by atoms with Gasteiger partial charge in [0.25, 0.3) is 0 Å². The summed E-state index contributed by atoms with van der Waals surface area (Å²) >= 11 is 1.62. The van der Waals surface area contributed by atoms with Crippen molar-refractivity contribution in [2.24, 2.45) is 0 Å². The van der Waals surface area contributed by atoms with Crippen molar-refractivity contribution >= 4 is 11.3 Å². The minimum absolute atomic E-state index is 0.452. The molecule has 1 N–H and O–H groups in total. The second kappa shape index (κ2) is 6.12. The van der Waals surface area contributed by atoms with Crippen LogP contribution in [0.2, 0.25) is 0 Å². The van der Waals surface area contributed by atoms with E-state index in [2.05, 4.69) is 24.0 Å². The highest BCUT2D eigenvalue weighted by Crippen LogP contribution is 2.21. The SMILES string of the molecule is CCCc1cccc(C(O)Cc2nc(C)cs2)c1. The van der Waals surface area contributed by atoms with Crippen molar-refractivity contribution in [3.63, 3.8) is 0 Å². The van der Waals surface area contributed by atoms with Crippen LogP contribution in [0.15, 0.2) is 29.6 Å². The number of benzene rings is 1. The van der Waals surface area contributed by atoms with E-state index in [0.717, 1.165) is 29.1 Å². The molecule has 1 atom stereocenters. The summed E-state index contributed by atoms with van der Waals surface area (Å²) in [6, 6.07) is 8.24. The molecule has 0 aliphatic carbocycles. The van der Waals surface area contributed by atoms with Crippen molar-refractivity contribution in [1.82, 2.24) is 4.98 Å². The van der Waals surface area contributed by atoms with Crippen LogP contribution >= 0.6 is 11.3 Å². The van der Waals surface area contributed by atoms with Gasteiger partial charge in [-0.15, -0.1) is 11.3 Å². The van der Waals surface area contributed by atoms with E-state index in [1.54, 1.807) is 11.3 Å². The van der Waals surface area contributed by atoms with E-state index in [-0.39, 0.29) is 0 Å². The summed E-state index contributed by atoms with van der Waals surface area (Å²) in [6.07, 6.45) is 2.35. The Labute approximate surface area is 112 Å². The van der Waals surface area contributed by atoms with Crippen LogP contribution in [0.4, 0.5) is 0 Å². The van der Waals surface area contributed by atoms with Crippen molar-refractivity contribution in [3.05, 3.63) is 51.5 Å². The molecular weight excluding hydrogens is 242 g/mol. The normalized spacial score (nSPS) is 12.6. The largest absolute Gasteiger partial charge is 0.388 e. The molecule has 0 saturated heterocycles.